The Balaban J connectivity index is 1.58. The highest BCUT2D eigenvalue weighted by Crippen LogP contribution is 2.62. The molecule has 0 bridgehead atoms. The Morgan fingerprint density at radius 2 is 1.56 bits per heavy atom. The molecule has 6 nitrogen and oxygen atoms in total. The Bertz CT molecular complexity index is 1830. The highest BCUT2D eigenvalue weighted by molar-refractivity contribution is 6.32. The van der Waals surface area contributed by atoms with Crippen LogP contribution in [0, 0.1) is 18.2 Å². The fraction of sp³-hybridized carbons (Fsp3) is 0.194. The molecule has 214 valence electrons. The average molecular weight is 574 g/mol. The van der Waals surface area contributed by atoms with Crippen molar-refractivity contribution in [1.82, 2.24) is 0 Å². The summed E-state index contributed by atoms with van der Waals surface area (Å²) >= 11 is 0. The molecule has 0 N–H and O–H groups in total. The Morgan fingerprint density at radius 3 is 2.21 bits per heavy atom. The van der Waals surface area contributed by atoms with E-state index in [1.54, 1.807) is 72.8 Å². The van der Waals surface area contributed by atoms with Crippen LogP contribution < -0.4 is 14.4 Å². The van der Waals surface area contributed by atoms with Gasteiger partial charge in [-0.25, -0.2) is 4.39 Å². The highest BCUT2D eigenvalue weighted by atomic mass is 19.1. The van der Waals surface area contributed by atoms with Gasteiger partial charge in [-0.05, 0) is 31.2 Å². The molecule has 4 aromatic carbocycles. The van der Waals surface area contributed by atoms with Crippen molar-refractivity contribution in [2.75, 3.05) is 19.1 Å². The predicted molar refractivity (Wildman–Crippen MR) is 161 cm³/mol. The van der Waals surface area contributed by atoms with Crippen molar-refractivity contribution >= 4 is 29.1 Å². The summed E-state index contributed by atoms with van der Waals surface area (Å²) in [6.07, 6.45) is 3.51. The van der Waals surface area contributed by atoms with Crippen LogP contribution in [0.15, 0.2) is 91.0 Å². The number of hydrogen-bond donors (Lipinski definition) is 0. The van der Waals surface area contributed by atoms with E-state index in [2.05, 4.69) is 0 Å². The first-order chi connectivity index (χ1) is 20.8. The van der Waals surface area contributed by atoms with Crippen molar-refractivity contribution in [2.45, 2.75) is 24.9 Å². The third-order valence-corrected chi connectivity index (χ3v) is 9.14. The number of methoxy groups -OCH3 is 2. The summed E-state index contributed by atoms with van der Waals surface area (Å²) in [6.45, 7) is 1.94. The van der Waals surface area contributed by atoms with Gasteiger partial charge < -0.3 is 14.4 Å². The lowest BCUT2D eigenvalue weighted by Gasteiger charge is -2.37. The van der Waals surface area contributed by atoms with Crippen molar-refractivity contribution in [1.29, 1.82) is 0 Å². The van der Waals surface area contributed by atoms with Gasteiger partial charge in [0.25, 0.3) is 0 Å². The number of ketones is 3. The maximum Gasteiger partial charge on any atom is 0.185 e. The van der Waals surface area contributed by atoms with E-state index in [0.29, 0.717) is 45.0 Å². The average Bonchev–Trinajstić information content (AvgIpc) is 3.46. The first-order valence-corrected chi connectivity index (χ1v) is 14.1. The first-order valence-electron chi connectivity index (χ1n) is 14.1. The summed E-state index contributed by atoms with van der Waals surface area (Å²) < 4.78 is 26.0. The molecule has 7 heteroatoms. The van der Waals surface area contributed by atoms with Gasteiger partial charge in [-0.15, -0.1) is 0 Å². The summed E-state index contributed by atoms with van der Waals surface area (Å²) in [7, 11) is 3.01. The molecule has 0 unspecified atom stereocenters. The van der Waals surface area contributed by atoms with Crippen LogP contribution in [0.4, 0.5) is 10.1 Å². The van der Waals surface area contributed by atoms with Crippen molar-refractivity contribution in [2.24, 2.45) is 5.41 Å². The summed E-state index contributed by atoms with van der Waals surface area (Å²) in [6, 6.07) is 21.8. The van der Waals surface area contributed by atoms with Gasteiger partial charge in [0.05, 0.1) is 20.3 Å². The SMILES string of the molecule is COc1cccc([C@H]2[C@H](C(=O)c3ccc(C)cc3)N3c4ccc(F)cc4C=C[C@H]3C23C(=O)c2ccccc2C3=O)c1OC. The number of fused-ring (bicyclic) bond motifs is 5. The lowest BCUT2D eigenvalue weighted by Crippen LogP contribution is -2.48. The Labute approximate surface area is 248 Å². The Morgan fingerprint density at radius 1 is 0.860 bits per heavy atom. The topological polar surface area (TPSA) is 72.9 Å². The quantitative estimate of drug-likeness (QED) is 0.201. The van der Waals surface area contributed by atoms with Gasteiger partial charge in [0.15, 0.2) is 28.8 Å². The van der Waals surface area contributed by atoms with Crippen molar-refractivity contribution in [3.8, 4) is 11.5 Å². The van der Waals surface area contributed by atoms with Gasteiger partial charge in [-0.3, -0.25) is 14.4 Å². The van der Waals surface area contributed by atoms with Crippen LogP contribution in [0.2, 0.25) is 0 Å². The van der Waals surface area contributed by atoms with Gasteiger partial charge in [0.1, 0.15) is 17.3 Å². The number of nitrogens with zero attached hydrogens (tertiary/aromatic N) is 1. The van der Waals surface area contributed by atoms with Crippen LogP contribution in [0.5, 0.6) is 11.5 Å². The highest BCUT2D eigenvalue weighted by Gasteiger charge is 2.72. The van der Waals surface area contributed by atoms with Crippen LogP contribution in [-0.2, 0) is 0 Å². The molecule has 2 aliphatic heterocycles. The van der Waals surface area contributed by atoms with E-state index in [4.69, 9.17) is 9.47 Å². The fourth-order valence-electron chi connectivity index (χ4n) is 7.34. The molecule has 7 rings (SSSR count). The van der Waals surface area contributed by atoms with E-state index >= 15 is 0 Å². The number of halogens is 1. The number of para-hydroxylation sites is 1. The van der Waals surface area contributed by atoms with Crippen molar-refractivity contribution in [3.63, 3.8) is 0 Å². The zero-order chi connectivity index (χ0) is 30.0. The van der Waals surface area contributed by atoms with Crippen molar-refractivity contribution < 1.29 is 28.2 Å². The molecule has 1 aliphatic carbocycles. The molecule has 1 saturated heterocycles. The summed E-state index contributed by atoms with van der Waals surface area (Å²) in [5.41, 5.74) is 1.99. The van der Waals surface area contributed by atoms with Gasteiger partial charge in [0.2, 0.25) is 0 Å². The van der Waals surface area contributed by atoms with E-state index in [1.165, 1.54) is 26.4 Å². The zero-order valence-electron chi connectivity index (χ0n) is 23.8. The van der Waals surface area contributed by atoms with Gasteiger partial charge in [-0.1, -0.05) is 78.4 Å². The number of benzene rings is 4. The second kappa shape index (κ2) is 9.76. The molecule has 43 heavy (non-hydrogen) atoms. The number of rotatable bonds is 5. The first kappa shape index (κ1) is 26.8. The molecule has 3 aliphatic rings. The minimum atomic E-state index is -1.71. The summed E-state index contributed by atoms with van der Waals surface area (Å²) in [5.74, 6) is -1.63. The molecule has 0 radical (unpaired) electrons. The van der Waals surface area contributed by atoms with Crippen LogP contribution in [0.3, 0.4) is 0 Å². The number of carbonyl (C=O) groups is 3. The third-order valence-electron chi connectivity index (χ3n) is 9.14. The molecule has 1 spiro atoms. The Kier molecular flexibility index (Phi) is 6.09. The molecule has 1 fully saturated rings. The van der Waals surface area contributed by atoms with Gasteiger partial charge >= 0.3 is 0 Å². The molecule has 0 saturated carbocycles. The standard InChI is InChI=1S/C36H28FNO5/c1-20-11-13-21(14-12-20)32(39)31-30(26-9-6-10-28(42-2)33(26)43-3)36(34(40)24-7-4-5-8-25(24)35(36)41)29-18-15-22-19-23(37)16-17-27(22)38(29)31/h4-19,29-31H,1-3H3/t29-,30-,31+/m0/s1. The van der Waals surface area contributed by atoms with E-state index in [1.807, 2.05) is 24.0 Å². The third kappa shape index (κ3) is 3.60. The molecule has 0 amide bonds. The van der Waals surface area contributed by atoms with Gasteiger partial charge in [-0.2, -0.15) is 0 Å². The minimum Gasteiger partial charge on any atom is -0.493 e. The zero-order valence-corrected chi connectivity index (χ0v) is 23.8. The summed E-state index contributed by atoms with van der Waals surface area (Å²) in [5, 5.41) is 0. The number of ether oxygens (including phenoxy) is 2. The van der Waals surface area contributed by atoms with Gasteiger partial charge in [0, 0.05) is 39.4 Å². The minimum absolute atomic E-state index is 0.265. The lowest BCUT2D eigenvalue weighted by molar-refractivity contribution is 0.0664. The summed E-state index contributed by atoms with van der Waals surface area (Å²) in [4.78, 5) is 46.3. The number of anilines is 1. The normalized spacial score (nSPS) is 21.0. The second-order valence-corrected chi connectivity index (χ2v) is 11.2. The van der Waals surface area contributed by atoms with E-state index in [-0.39, 0.29) is 17.3 Å². The fourth-order valence-corrected chi connectivity index (χ4v) is 7.34. The number of carbonyl (C=O) groups excluding carboxylic acids is 3. The van der Waals surface area contributed by atoms with E-state index in [9.17, 15) is 18.8 Å². The molecule has 0 aromatic heterocycles. The maximum absolute atomic E-state index is 14.8. The molecule has 3 atom stereocenters. The largest absolute Gasteiger partial charge is 0.493 e. The second-order valence-electron chi connectivity index (χ2n) is 11.2. The Hall–Kier alpha value is -5.04. The van der Waals surface area contributed by atoms with E-state index < -0.39 is 29.2 Å². The smallest absolute Gasteiger partial charge is 0.185 e. The van der Waals surface area contributed by atoms with E-state index in [0.717, 1.165) is 5.56 Å². The number of aryl methyl sites for hydroxylation is 1. The molecule has 2 heterocycles. The van der Waals surface area contributed by atoms with Crippen LogP contribution in [0.25, 0.3) is 6.08 Å². The van der Waals surface area contributed by atoms with Crippen LogP contribution in [0.1, 0.15) is 53.7 Å². The molecular formula is C36H28FNO5. The molecular weight excluding hydrogens is 545 g/mol. The number of hydrogen-bond acceptors (Lipinski definition) is 6. The predicted octanol–water partition coefficient (Wildman–Crippen LogP) is 6.47. The lowest BCUT2D eigenvalue weighted by atomic mass is 9.64. The van der Waals surface area contributed by atoms with Crippen molar-refractivity contribution in [3.05, 3.63) is 130 Å². The maximum atomic E-state index is 14.8. The monoisotopic (exact) mass is 573 g/mol. The molecule has 4 aromatic rings. The van der Waals surface area contributed by atoms with Crippen LogP contribution in [-0.4, -0.2) is 43.7 Å². The van der Waals surface area contributed by atoms with Crippen LogP contribution >= 0.6 is 0 Å². The number of Topliss-reactive ketones (excluding diaryl/α,β-unsaturated/α-hetero) is 3.